The molecule has 0 N–H and O–H groups in total. The first-order chi connectivity index (χ1) is 12.8. The summed E-state index contributed by atoms with van der Waals surface area (Å²) >= 11 is 7.99. The molecule has 5 nitrogen and oxygen atoms in total. The Bertz CT molecular complexity index is 855. The van der Waals surface area contributed by atoms with Crippen LogP contribution < -0.4 is 29.6 Å². The topological polar surface area (TPSA) is 83.5 Å². The monoisotopic (exact) mass is 450 g/mol. The van der Waals surface area contributed by atoms with Gasteiger partial charge in [-0.25, -0.2) is 13.2 Å². The van der Waals surface area contributed by atoms with Gasteiger partial charge in [0.2, 0.25) is 0 Å². The number of carbonyl (C=O) groups is 1. The van der Waals surface area contributed by atoms with Crippen molar-refractivity contribution in [2.45, 2.75) is 23.1 Å². The van der Waals surface area contributed by atoms with Gasteiger partial charge in [-0.15, -0.1) is 11.6 Å². The maximum absolute atomic E-state index is 11.9. The van der Waals surface area contributed by atoms with Gasteiger partial charge < -0.3 is 9.29 Å². The van der Waals surface area contributed by atoms with Crippen molar-refractivity contribution in [2.75, 3.05) is 18.6 Å². The van der Waals surface area contributed by atoms with E-state index >= 15 is 0 Å². The van der Waals surface area contributed by atoms with Gasteiger partial charge in [-0.3, -0.25) is 0 Å². The van der Waals surface area contributed by atoms with Crippen LogP contribution >= 0.6 is 23.4 Å². The summed E-state index contributed by atoms with van der Waals surface area (Å²) in [5, 5.41) is -0.315. The van der Waals surface area contributed by atoms with Crippen molar-refractivity contribution in [1.82, 2.24) is 0 Å². The van der Waals surface area contributed by atoms with Gasteiger partial charge in [-0.2, -0.15) is 11.8 Å². The molecule has 1 atom stereocenters. The summed E-state index contributed by atoms with van der Waals surface area (Å²) in [5.74, 6) is 0.432. The number of rotatable bonds is 9. The van der Waals surface area contributed by atoms with E-state index in [0.717, 1.165) is 16.9 Å². The van der Waals surface area contributed by atoms with Crippen molar-refractivity contribution in [3.05, 3.63) is 65.2 Å². The van der Waals surface area contributed by atoms with Gasteiger partial charge in [0.25, 0.3) is 0 Å². The fourth-order valence-electron chi connectivity index (χ4n) is 2.41. The fraction of sp³-hybridized carbons (Fsp3) is 0.316. The minimum atomic E-state index is -4.45. The van der Waals surface area contributed by atoms with Crippen molar-refractivity contribution >= 4 is 39.5 Å². The van der Waals surface area contributed by atoms with E-state index in [2.05, 4.69) is 0 Å². The van der Waals surface area contributed by atoms with Crippen LogP contribution in [-0.2, 0) is 21.3 Å². The van der Waals surface area contributed by atoms with E-state index in [0.29, 0.717) is 25.0 Å². The molecule has 0 aliphatic heterocycles. The minimum absolute atomic E-state index is 0. The number of alkyl halides is 1. The smallest absolute Gasteiger partial charge is 0.744 e. The predicted molar refractivity (Wildman–Crippen MR) is 106 cm³/mol. The van der Waals surface area contributed by atoms with Gasteiger partial charge in [0.15, 0.2) is 0 Å². The molecule has 0 aliphatic carbocycles. The second kappa shape index (κ2) is 12.2. The number of carbonyl (C=O) groups excluding carboxylic acids is 1. The molecule has 0 fully saturated rings. The van der Waals surface area contributed by atoms with Gasteiger partial charge in [0.05, 0.1) is 15.8 Å². The van der Waals surface area contributed by atoms with Crippen molar-refractivity contribution in [3.63, 3.8) is 0 Å². The van der Waals surface area contributed by atoms with Gasteiger partial charge in [0.1, 0.15) is 16.7 Å². The second-order valence-corrected chi connectivity index (χ2v) is 8.75. The number of hydrogen-bond donors (Lipinski definition) is 0. The normalized spacial score (nSPS) is 12.1. The Hall–Kier alpha value is -0.540. The number of esters is 1. The average molecular weight is 451 g/mol. The summed E-state index contributed by atoms with van der Waals surface area (Å²) < 4.78 is 38.0. The van der Waals surface area contributed by atoms with Gasteiger partial charge in [-0.1, -0.05) is 24.3 Å². The first-order valence-electron chi connectivity index (χ1n) is 8.26. The van der Waals surface area contributed by atoms with Crippen LogP contribution in [0.2, 0.25) is 0 Å². The van der Waals surface area contributed by atoms with Crippen molar-refractivity contribution in [3.8, 4) is 0 Å². The van der Waals surface area contributed by atoms with Gasteiger partial charge in [0, 0.05) is 5.75 Å². The molecule has 9 heteroatoms. The molecule has 28 heavy (non-hydrogen) atoms. The molecule has 2 rings (SSSR count). The third-order valence-electron chi connectivity index (χ3n) is 3.93. The molecule has 0 saturated carbocycles. The van der Waals surface area contributed by atoms with E-state index in [1.807, 2.05) is 18.4 Å². The number of aryl methyl sites for hydroxylation is 1. The summed E-state index contributed by atoms with van der Waals surface area (Å²) in [6, 6.07) is 12.8. The zero-order chi connectivity index (χ0) is 19.9. The Kier molecular flexibility index (Phi) is 11.1. The maximum atomic E-state index is 11.9. The molecular weight excluding hydrogens is 431 g/mol. The van der Waals surface area contributed by atoms with Crippen LogP contribution in [0.4, 0.5) is 0 Å². The molecule has 0 bridgehead atoms. The van der Waals surface area contributed by atoms with Gasteiger partial charge >= 0.3 is 35.5 Å². The molecule has 0 heterocycles. The number of hydrogen-bond acceptors (Lipinski definition) is 6. The number of thioether (sulfide) groups is 1. The third-order valence-corrected chi connectivity index (χ3v) is 5.82. The van der Waals surface area contributed by atoms with E-state index in [-0.39, 0.29) is 45.8 Å². The van der Waals surface area contributed by atoms with E-state index in [9.17, 15) is 17.8 Å². The maximum Gasteiger partial charge on any atom is 1.00 e. The van der Waals surface area contributed by atoms with Crippen LogP contribution in [0.1, 0.15) is 33.3 Å². The molecule has 0 aliphatic rings. The molecule has 146 valence electrons. The molecule has 1 unspecified atom stereocenters. The molecule has 2 aromatic carbocycles. The first-order valence-corrected chi connectivity index (χ1v) is 11.5. The summed E-state index contributed by atoms with van der Waals surface area (Å²) in [5.41, 5.74) is 2.29. The molecule has 0 amide bonds. The van der Waals surface area contributed by atoms with Crippen LogP contribution in [0.3, 0.4) is 0 Å². The number of ether oxygens (including phenoxy) is 1. The summed E-state index contributed by atoms with van der Waals surface area (Å²) in [7, 11) is -4.45. The zero-order valence-electron chi connectivity index (χ0n) is 15.8. The Labute approximate surface area is 197 Å². The van der Waals surface area contributed by atoms with Crippen LogP contribution in [0, 0.1) is 0 Å². The third kappa shape index (κ3) is 8.06. The Morgan fingerprint density at radius 3 is 2.29 bits per heavy atom. The van der Waals surface area contributed by atoms with Crippen LogP contribution in [-0.4, -0.2) is 37.6 Å². The van der Waals surface area contributed by atoms with Gasteiger partial charge in [-0.05, 0) is 54.5 Å². The largest absolute Gasteiger partial charge is 1.00 e. The predicted octanol–water partition coefficient (Wildman–Crippen LogP) is 1.03. The molecular formula is C19H20ClNaO5S2. The van der Waals surface area contributed by atoms with E-state index in [1.54, 1.807) is 36.0 Å². The fourth-order valence-corrected chi connectivity index (χ4v) is 3.39. The molecule has 0 aromatic heterocycles. The Morgan fingerprint density at radius 2 is 1.75 bits per heavy atom. The molecule has 0 saturated heterocycles. The van der Waals surface area contributed by atoms with Crippen molar-refractivity contribution in [1.29, 1.82) is 0 Å². The standard InChI is InChI=1S/C19H21ClO5S2.Na/c1-26-13-12-25-19(21)16-5-2-14(3-6-16)4-11-18(20)15-7-9-17(10-8-15)27(22,23)24;/h2-3,5-10,18H,4,11-13H2,1H3,(H,22,23,24);/q;+1/p-1. The Morgan fingerprint density at radius 1 is 1.14 bits per heavy atom. The summed E-state index contributed by atoms with van der Waals surface area (Å²) in [6.45, 7) is 0.391. The molecule has 0 spiro atoms. The zero-order valence-corrected chi connectivity index (χ0v) is 20.1. The number of benzene rings is 2. The number of halogens is 1. The van der Waals surface area contributed by atoms with Crippen LogP contribution in [0.25, 0.3) is 0 Å². The first kappa shape index (κ1) is 25.5. The quantitative estimate of drug-likeness (QED) is 0.186. The Balaban J connectivity index is 0.00000392. The van der Waals surface area contributed by atoms with Crippen LogP contribution in [0.5, 0.6) is 0 Å². The van der Waals surface area contributed by atoms with Crippen molar-refractivity contribution < 1.29 is 52.1 Å². The summed E-state index contributed by atoms with van der Waals surface area (Å²) in [4.78, 5) is 11.6. The van der Waals surface area contributed by atoms with Crippen LogP contribution in [0.15, 0.2) is 53.4 Å². The minimum Gasteiger partial charge on any atom is -0.744 e. The molecule has 2 aromatic rings. The van der Waals surface area contributed by atoms with E-state index < -0.39 is 10.1 Å². The average Bonchev–Trinajstić information content (AvgIpc) is 2.66. The van der Waals surface area contributed by atoms with E-state index in [4.69, 9.17) is 16.3 Å². The second-order valence-electron chi connectivity index (χ2n) is 5.86. The van der Waals surface area contributed by atoms with E-state index in [1.165, 1.54) is 12.1 Å². The molecule has 0 radical (unpaired) electrons. The van der Waals surface area contributed by atoms with Crippen molar-refractivity contribution in [2.24, 2.45) is 0 Å². The summed E-state index contributed by atoms with van der Waals surface area (Å²) in [6.07, 6.45) is 3.27. The SMILES string of the molecule is CSCCOC(=O)c1ccc(CCC(Cl)c2ccc(S(=O)(=O)[O-])cc2)cc1.[Na+].